The van der Waals surface area contributed by atoms with Crippen LogP contribution in [-0.2, 0) is 0 Å². The molecule has 8 heavy (non-hydrogen) atoms. The molecule has 0 unspecified atom stereocenters. The molecule has 0 aliphatic carbocycles. The van der Waals surface area contributed by atoms with E-state index in [0.29, 0.717) is 0 Å². The van der Waals surface area contributed by atoms with Crippen molar-refractivity contribution in [3.05, 3.63) is 9.79 Å². The van der Waals surface area contributed by atoms with Crippen LogP contribution >= 0.6 is 0 Å². The van der Waals surface area contributed by atoms with Crippen LogP contribution in [0.2, 0.25) is 24.6 Å². The molecule has 2 heteroatoms. The molecular formula is C6H14SiSn. The third kappa shape index (κ3) is 6.76. The fourth-order valence-electron chi connectivity index (χ4n) is 0.333. The molecule has 0 aliphatic rings. The minimum absolute atomic E-state index is 0.0349. The van der Waals surface area contributed by atoms with E-state index in [-0.39, 0.29) is 21.1 Å². The van der Waals surface area contributed by atoms with Crippen LogP contribution in [0.4, 0.5) is 0 Å². The van der Waals surface area contributed by atoms with E-state index in [2.05, 4.69) is 34.4 Å². The summed E-state index contributed by atoms with van der Waals surface area (Å²) in [5.41, 5.74) is 2.46. The van der Waals surface area contributed by atoms with Crippen molar-refractivity contribution in [2.75, 3.05) is 0 Å². The Labute approximate surface area is 63.6 Å². The molecule has 0 heterocycles. The molecule has 0 aromatic heterocycles. The molecule has 0 aromatic rings. The first kappa shape index (κ1) is 8.76. The van der Waals surface area contributed by atoms with Crippen LogP contribution in [0.25, 0.3) is 0 Å². The Morgan fingerprint density at radius 1 is 1.25 bits per heavy atom. The zero-order valence-electron chi connectivity index (χ0n) is 6.15. The maximum atomic E-state index is 2.46. The SMILES string of the molecule is [CH3][Sn]/[CH]=C/[Si](C)(C)C. The molecule has 46 valence electrons. The van der Waals surface area contributed by atoms with Gasteiger partial charge < -0.3 is 0 Å². The van der Waals surface area contributed by atoms with Gasteiger partial charge in [-0.25, -0.2) is 0 Å². The Hall–Kier alpha value is 0.756. The molecule has 0 saturated carbocycles. The van der Waals surface area contributed by atoms with E-state index in [1.165, 1.54) is 0 Å². The minimum atomic E-state index is -0.816. The fourth-order valence-corrected chi connectivity index (χ4v) is 6.71. The summed E-state index contributed by atoms with van der Waals surface area (Å²) in [6.45, 7) is 7.12. The second-order valence-corrected chi connectivity index (χ2v) is 10.7. The van der Waals surface area contributed by atoms with Gasteiger partial charge in [-0.05, 0) is 0 Å². The van der Waals surface area contributed by atoms with Gasteiger partial charge in [0.25, 0.3) is 0 Å². The molecule has 0 aliphatic heterocycles. The molecular weight excluding hydrogens is 219 g/mol. The van der Waals surface area contributed by atoms with E-state index in [9.17, 15) is 0 Å². The van der Waals surface area contributed by atoms with Crippen molar-refractivity contribution >= 4 is 29.2 Å². The van der Waals surface area contributed by atoms with Crippen molar-refractivity contribution in [2.24, 2.45) is 0 Å². The zero-order chi connectivity index (χ0) is 6.62. The van der Waals surface area contributed by atoms with Crippen LogP contribution in [-0.4, -0.2) is 29.2 Å². The van der Waals surface area contributed by atoms with Crippen LogP contribution in [0, 0.1) is 0 Å². The van der Waals surface area contributed by atoms with E-state index in [1.54, 1.807) is 0 Å². The molecule has 0 rings (SSSR count). The summed E-state index contributed by atoms with van der Waals surface area (Å²) in [7, 11) is -0.816. The molecule has 0 N–H and O–H groups in total. The van der Waals surface area contributed by atoms with E-state index < -0.39 is 8.07 Å². The Morgan fingerprint density at radius 3 is 1.88 bits per heavy atom. The van der Waals surface area contributed by atoms with Crippen molar-refractivity contribution in [1.82, 2.24) is 0 Å². The van der Waals surface area contributed by atoms with Crippen LogP contribution < -0.4 is 0 Å². The summed E-state index contributed by atoms with van der Waals surface area (Å²) < 4.78 is 2.44. The summed E-state index contributed by atoms with van der Waals surface area (Å²) in [6.07, 6.45) is 0. The van der Waals surface area contributed by atoms with Gasteiger partial charge in [-0.1, -0.05) is 0 Å². The molecule has 0 spiro atoms. The second kappa shape index (κ2) is 3.72. The molecule has 0 bridgehead atoms. The zero-order valence-corrected chi connectivity index (χ0v) is 10.0. The Bertz CT molecular complexity index is 81.0. The van der Waals surface area contributed by atoms with E-state index in [1.807, 2.05) is 0 Å². The molecule has 2 radical (unpaired) electrons. The van der Waals surface area contributed by atoms with E-state index in [4.69, 9.17) is 0 Å². The third-order valence-corrected chi connectivity index (χ3v) is 4.30. The Kier molecular flexibility index (Phi) is 4.07. The first-order valence-electron chi connectivity index (χ1n) is 2.91. The van der Waals surface area contributed by atoms with Gasteiger partial charge in [-0.2, -0.15) is 0 Å². The van der Waals surface area contributed by atoms with Crippen LogP contribution in [0.15, 0.2) is 9.79 Å². The van der Waals surface area contributed by atoms with Gasteiger partial charge in [0.15, 0.2) is 0 Å². The molecule has 0 amide bonds. The van der Waals surface area contributed by atoms with Crippen molar-refractivity contribution in [1.29, 1.82) is 0 Å². The van der Waals surface area contributed by atoms with Gasteiger partial charge in [0.2, 0.25) is 0 Å². The van der Waals surface area contributed by atoms with Gasteiger partial charge in [-0.15, -0.1) is 0 Å². The van der Waals surface area contributed by atoms with Gasteiger partial charge in [0.1, 0.15) is 0 Å². The van der Waals surface area contributed by atoms with Crippen LogP contribution in [0.1, 0.15) is 0 Å². The Balaban J connectivity index is 3.52. The van der Waals surface area contributed by atoms with Crippen molar-refractivity contribution in [2.45, 2.75) is 24.6 Å². The fraction of sp³-hybridized carbons (Fsp3) is 0.667. The monoisotopic (exact) mass is 234 g/mol. The molecule has 0 nitrogen and oxygen atoms in total. The standard InChI is InChI=1S/C5H11Si.CH3.Sn/c1-5-6(2,3)4;;/h1,5H,2-4H3;1H3;. The molecule has 0 saturated heterocycles. The average Bonchev–Trinajstić information content (AvgIpc) is 1.59. The third-order valence-electron chi connectivity index (χ3n) is 0.750. The predicted molar refractivity (Wildman–Crippen MR) is 44.1 cm³/mol. The number of rotatable bonds is 2. The molecule has 0 atom stereocenters. The second-order valence-electron chi connectivity index (χ2n) is 2.99. The molecule has 0 aromatic carbocycles. The summed E-state index contributed by atoms with van der Waals surface area (Å²) in [4.78, 5) is 2.35. The summed E-state index contributed by atoms with van der Waals surface area (Å²) >= 11 is -0.0349. The Morgan fingerprint density at radius 2 is 1.75 bits per heavy atom. The van der Waals surface area contributed by atoms with E-state index >= 15 is 0 Å². The molecule has 0 fully saturated rings. The van der Waals surface area contributed by atoms with Gasteiger partial charge >= 0.3 is 63.6 Å². The van der Waals surface area contributed by atoms with Crippen molar-refractivity contribution < 1.29 is 0 Å². The predicted octanol–water partition coefficient (Wildman–Crippen LogP) is 2.13. The first-order valence-corrected chi connectivity index (χ1v) is 11.0. The van der Waals surface area contributed by atoms with Gasteiger partial charge in [0.05, 0.1) is 0 Å². The number of hydrogen-bond acceptors (Lipinski definition) is 0. The topological polar surface area (TPSA) is 0 Å². The van der Waals surface area contributed by atoms with Crippen LogP contribution in [0.5, 0.6) is 0 Å². The van der Waals surface area contributed by atoms with Gasteiger partial charge in [0, 0.05) is 0 Å². The quantitative estimate of drug-likeness (QED) is 0.641. The van der Waals surface area contributed by atoms with E-state index in [0.717, 1.165) is 0 Å². The summed E-state index contributed by atoms with van der Waals surface area (Å²) in [5, 5.41) is 0. The summed E-state index contributed by atoms with van der Waals surface area (Å²) in [6, 6.07) is 0. The van der Waals surface area contributed by atoms with Gasteiger partial charge in [-0.3, -0.25) is 0 Å². The first-order chi connectivity index (χ1) is 3.56. The number of hydrogen-bond donors (Lipinski definition) is 0. The normalized spacial score (nSPS) is 13.0. The summed E-state index contributed by atoms with van der Waals surface area (Å²) in [5.74, 6) is 0. The van der Waals surface area contributed by atoms with Crippen molar-refractivity contribution in [3.8, 4) is 0 Å². The average molecular weight is 233 g/mol. The van der Waals surface area contributed by atoms with Crippen molar-refractivity contribution in [3.63, 3.8) is 0 Å². The van der Waals surface area contributed by atoms with Crippen LogP contribution in [0.3, 0.4) is 0 Å². The maximum absolute atomic E-state index is 2.46.